The largest absolute Gasteiger partial charge is 0.495 e. The zero-order chi connectivity index (χ0) is 15.9. The van der Waals surface area contributed by atoms with Crippen molar-refractivity contribution in [1.29, 1.82) is 0 Å². The number of hydrogen-bond acceptors (Lipinski definition) is 5. The average molecular weight is 312 g/mol. The number of ether oxygens (including phenoxy) is 2. The third-order valence-electron chi connectivity index (χ3n) is 2.75. The summed E-state index contributed by atoms with van der Waals surface area (Å²) in [6.07, 6.45) is -0.231. The standard InChI is InChI=1S/C14H20N2O4S/c1-11(19-2)10-16-21(17,18)14-9-12(5-4-8-15)6-7-13(14)20-3/h6-7,9,11,16H,8,10,15H2,1-3H3. The molecule has 0 saturated heterocycles. The van der Waals surface area contributed by atoms with E-state index in [0.29, 0.717) is 5.56 Å². The molecule has 1 aromatic carbocycles. The van der Waals surface area contributed by atoms with E-state index in [9.17, 15) is 8.42 Å². The minimum atomic E-state index is -3.71. The molecule has 1 rings (SSSR count). The molecule has 7 heteroatoms. The van der Waals surface area contributed by atoms with E-state index < -0.39 is 10.0 Å². The van der Waals surface area contributed by atoms with Gasteiger partial charge in [-0.1, -0.05) is 11.8 Å². The SMILES string of the molecule is COc1ccc(C#CCN)cc1S(=O)(=O)NCC(C)OC. The van der Waals surface area contributed by atoms with Gasteiger partial charge in [-0.25, -0.2) is 13.1 Å². The van der Waals surface area contributed by atoms with Crippen molar-refractivity contribution >= 4 is 10.0 Å². The van der Waals surface area contributed by atoms with Crippen LogP contribution in [0.1, 0.15) is 12.5 Å². The molecule has 1 aromatic rings. The quantitative estimate of drug-likeness (QED) is 0.738. The molecule has 0 radical (unpaired) electrons. The van der Waals surface area contributed by atoms with E-state index in [0.717, 1.165) is 0 Å². The zero-order valence-electron chi connectivity index (χ0n) is 12.3. The van der Waals surface area contributed by atoms with Crippen molar-refractivity contribution in [3.8, 4) is 17.6 Å². The van der Waals surface area contributed by atoms with Gasteiger partial charge in [-0.3, -0.25) is 0 Å². The normalized spacial score (nSPS) is 12.4. The molecule has 0 aliphatic carbocycles. The summed E-state index contributed by atoms with van der Waals surface area (Å²) in [7, 11) is -0.779. The van der Waals surface area contributed by atoms with Crippen molar-refractivity contribution in [2.24, 2.45) is 5.73 Å². The first-order valence-corrected chi connectivity index (χ1v) is 7.82. The van der Waals surface area contributed by atoms with Crippen LogP contribution in [-0.4, -0.2) is 41.8 Å². The summed E-state index contributed by atoms with van der Waals surface area (Å²) in [4.78, 5) is 0.0390. The molecule has 0 fully saturated rings. The van der Waals surface area contributed by atoms with Crippen LogP contribution in [0.3, 0.4) is 0 Å². The van der Waals surface area contributed by atoms with Gasteiger partial charge in [0.2, 0.25) is 10.0 Å². The van der Waals surface area contributed by atoms with Crippen molar-refractivity contribution in [1.82, 2.24) is 4.72 Å². The third kappa shape index (κ3) is 5.02. The van der Waals surface area contributed by atoms with Gasteiger partial charge in [-0.2, -0.15) is 0 Å². The molecule has 0 spiro atoms. The number of benzene rings is 1. The second kappa shape index (κ2) is 8.00. The minimum absolute atomic E-state index is 0.0390. The van der Waals surface area contributed by atoms with Crippen LogP contribution in [-0.2, 0) is 14.8 Å². The number of sulfonamides is 1. The van der Waals surface area contributed by atoms with Gasteiger partial charge in [0.25, 0.3) is 0 Å². The molecule has 0 amide bonds. The lowest BCUT2D eigenvalue weighted by molar-refractivity contribution is 0.122. The Balaban J connectivity index is 3.13. The number of hydrogen-bond donors (Lipinski definition) is 2. The number of rotatable bonds is 6. The molecule has 3 N–H and O–H groups in total. The number of nitrogens with two attached hydrogens (primary N) is 1. The highest BCUT2D eigenvalue weighted by atomic mass is 32.2. The molecule has 0 saturated carbocycles. The third-order valence-corrected chi connectivity index (χ3v) is 4.20. The highest BCUT2D eigenvalue weighted by Gasteiger charge is 2.20. The Kier molecular flexibility index (Phi) is 6.65. The maximum atomic E-state index is 12.3. The molecular weight excluding hydrogens is 292 g/mol. The van der Waals surface area contributed by atoms with E-state index in [2.05, 4.69) is 16.6 Å². The van der Waals surface area contributed by atoms with E-state index in [-0.39, 0.29) is 29.8 Å². The predicted octanol–water partition coefficient (Wildman–Crippen LogP) is 0.319. The fraction of sp³-hybridized carbons (Fsp3) is 0.429. The average Bonchev–Trinajstić information content (AvgIpc) is 2.50. The van der Waals surface area contributed by atoms with Crippen molar-refractivity contribution in [2.75, 3.05) is 27.3 Å². The molecule has 1 atom stereocenters. The van der Waals surface area contributed by atoms with Crippen molar-refractivity contribution in [3.63, 3.8) is 0 Å². The van der Waals surface area contributed by atoms with Crippen LogP contribution >= 0.6 is 0 Å². The van der Waals surface area contributed by atoms with Gasteiger partial charge in [-0.05, 0) is 25.1 Å². The predicted molar refractivity (Wildman–Crippen MR) is 80.6 cm³/mol. The lowest BCUT2D eigenvalue weighted by Crippen LogP contribution is -2.31. The summed E-state index contributed by atoms with van der Waals surface area (Å²) >= 11 is 0. The topological polar surface area (TPSA) is 90.7 Å². The maximum absolute atomic E-state index is 12.3. The fourth-order valence-electron chi connectivity index (χ4n) is 1.51. The number of methoxy groups -OCH3 is 2. The van der Waals surface area contributed by atoms with Crippen molar-refractivity contribution < 1.29 is 17.9 Å². The van der Waals surface area contributed by atoms with Crippen molar-refractivity contribution in [2.45, 2.75) is 17.9 Å². The van der Waals surface area contributed by atoms with Crippen molar-refractivity contribution in [3.05, 3.63) is 23.8 Å². The molecular formula is C14H20N2O4S. The molecule has 0 aliphatic heterocycles. The summed E-state index contributed by atoms with van der Waals surface area (Å²) in [5, 5.41) is 0. The van der Waals surface area contributed by atoms with Gasteiger partial charge >= 0.3 is 0 Å². The summed E-state index contributed by atoms with van der Waals surface area (Å²) < 4.78 is 37.3. The van der Waals surface area contributed by atoms with E-state index in [1.165, 1.54) is 20.3 Å². The fourth-order valence-corrected chi connectivity index (χ4v) is 2.81. The highest BCUT2D eigenvalue weighted by molar-refractivity contribution is 7.89. The second-order valence-electron chi connectivity index (χ2n) is 4.27. The second-order valence-corrected chi connectivity index (χ2v) is 6.01. The van der Waals surface area contributed by atoms with Crippen LogP contribution in [0, 0.1) is 11.8 Å². The van der Waals surface area contributed by atoms with Gasteiger partial charge in [0.15, 0.2) is 0 Å². The van der Waals surface area contributed by atoms with Crippen LogP contribution in [0.4, 0.5) is 0 Å². The van der Waals surface area contributed by atoms with Crippen LogP contribution < -0.4 is 15.2 Å². The van der Waals surface area contributed by atoms with Gasteiger partial charge < -0.3 is 15.2 Å². The molecule has 0 heterocycles. The first-order chi connectivity index (χ1) is 9.94. The monoisotopic (exact) mass is 312 g/mol. The van der Waals surface area contributed by atoms with Crippen LogP contribution in [0.15, 0.2) is 23.1 Å². The smallest absolute Gasteiger partial charge is 0.244 e. The number of nitrogens with one attached hydrogen (secondary N) is 1. The Bertz CT molecular complexity index is 632. The van der Waals surface area contributed by atoms with E-state index >= 15 is 0 Å². The van der Waals surface area contributed by atoms with Crippen LogP contribution in [0.2, 0.25) is 0 Å². The summed E-state index contributed by atoms with van der Waals surface area (Å²) in [6.45, 7) is 2.14. The molecule has 0 bridgehead atoms. The summed E-state index contributed by atoms with van der Waals surface area (Å²) in [5.74, 6) is 5.73. The van der Waals surface area contributed by atoms with E-state index in [1.807, 2.05) is 0 Å². The lowest BCUT2D eigenvalue weighted by atomic mass is 10.2. The maximum Gasteiger partial charge on any atom is 0.244 e. The van der Waals surface area contributed by atoms with Crippen LogP contribution in [0.5, 0.6) is 5.75 Å². The molecule has 116 valence electrons. The van der Waals surface area contributed by atoms with Crippen LogP contribution in [0.25, 0.3) is 0 Å². The van der Waals surface area contributed by atoms with Gasteiger partial charge in [0.1, 0.15) is 10.6 Å². The highest BCUT2D eigenvalue weighted by Crippen LogP contribution is 2.24. The Morgan fingerprint density at radius 1 is 1.38 bits per heavy atom. The molecule has 1 unspecified atom stereocenters. The summed E-state index contributed by atoms with van der Waals surface area (Å²) in [5.41, 5.74) is 5.87. The van der Waals surface area contributed by atoms with E-state index in [4.69, 9.17) is 15.2 Å². The molecule has 0 aromatic heterocycles. The minimum Gasteiger partial charge on any atom is -0.495 e. The van der Waals surface area contributed by atoms with Gasteiger partial charge in [0.05, 0.1) is 19.8 Å². The first kappa shape index (κ1) is 17.5. The molecule has 6 nitrogen and oxygen atoms in total. The Hall–Kier alpha value is -1.59. The summed E-state index contributed by atoms with van der Waals surface area (Å²) in [6, 6.07) is 4.70. The first-order valence-electron chi connectivity index (χ1n) is 6.34. The van der Waals surface area contributed by atoms with Gasteiger partial charge in [0, 0.05) is 19.2 Å². The molecule has 0 aliphatic rings. The van der Waals surface area contributed by atoms with Gasteiger partial charge in [-0.15, -0.1) is 0 Å². The molecule has 21 heavy (non-hydrogen) atoms. The Labute approximate surface area is 125 Å². The lowest BCUT2D eigenvalue weighted by Gasteiger charge is -2.13. The van der Waals surface area contributed by atoms with E-state index in [1.54, 1.807) is 19.1 Å². The Morgan fingerprint density at radius 3 is 2.67 bits per heavy atom. The Morgan fingerprint density at radius 2 is 2.10 bits per heavy atom. The zero-order valence-corrected chi connectivity index (χ0v) is 13.2.